The van der Waals surface area contributed by atoms with E-state index in [-0.39, 0.29) is 11.6 Å². The zero-order chi connectivity index (χ0) is 15.5. The Balaban J connectivity index is 2.13. The fourth-order valence-corrected chi connectivity index (χ4v) is 1.79. The van der Waals surface area contributed by atoms with Crippen LogP contribution in [0.25, 0.3) is 6.08 Å². The van der Waals surface area contributed by atoms with Crippen molar-refractivity contribution in [2.75, 3.05) is 0 Å². The lowest BCUT2D eigenvalue weighted by Gasteiger charge is -2.08. The van der Waals surface area contributed by atoms with Crippen LogP contribution in [-0.4, -0.2) is 21.5 Å². The molecule has 0 radical (unpaired) electrons. The highest BCUT2D eigenvalue weighted by atomic mass is 35.5. The normalized spacial score (nSPS) is 12.0. The first-order chi connectivity index (χ1) is 9.85. The van der Waals surface area contributed by atoms with E-state index >= 15 is 0 Å². The highest BCUT2D eigenvalue weighted by molar-refractivity contribution is 6.30. The predicted molar refractivity (Wildman–Crippen MR) is 73.1 cm³/mol. The number of benzene rings is 1. The minimum Gasteiger partial charge on any atom is -0.322 e. The lowest BCUT2D eigenvalue weighted by atomic mass is 10.1. The Bertz CT molecular complexity index is 660. The molecule has 0 aliphatic heterocycles. The van der Waals surface area contributed by atoms with E-state index in [4.69, 9.17) is 11.6 Å². The first-order valence-electron chi connectivity index (χ1n) is 5.91. The lowest BCUT2D eigenvalue weighted by molar-refractivity contribution is -0.140. The number of hydrogen-bond acceptors (Lipinski definition) is 2. The molecule has 0 fully saturated rings. The maximum Gasteiger partial charge on any atom is 0.406 e. The van der Waals surface area contributed by atoms with Gasteiger partial charge in [-0.1, -0.05) is 11.6 Å². The van der Waals surface area contributed by atoms with Crippen LogP contribution in [0.4, 0.5) is 13.2 Å². The highest BCUT2D eigenvalue weighted by Crippen LogP contribution is 2.18. The molecule has 2 rings (SSSR count). The van der Waals surface area contributed by atoms with E-state index < -0.39 is 12.7 Å². The Morgan fingerprint density at radius 3 is 2.57 bits per heavy atom. The second-order valence-corrected chi connectivity index (χ2v) is 4.67. The quantitative estimate of drug-likeness (QED) is 0.631. The van der Waals surface area contributed by atoms with Gasteiger partial charge in [0.05, 0.1) is 0 Å². The van der Waals surface area contributed by atoms with Crippen molar-refractivity contribution in [2.45, 2.75) is 12.7 Å². The van der Waals surface area contributed by atoms with Gasteiger partial charge in [-0.25, -0.2) is 4.98 Å². The van der Waals surface area contributed by atoms with Crippen molar-refractivity contribution < 1.29 is 18.0 Å². The van der Waals surface area contributed by atoms with Gasteiger partial charge in [0.15, 0.2) is 5.78 Å². The van der Waals surface area contributed by atoms with E-state index in [1.807, 2.05) is 0 Å². The molecule has 1 heterocycles. The summed E-state index contributed by atoms with van der Waals surface area (Å²) in [6.45, 7) is -1.15. The van der Waals surface area contributed by atoms with Gasteiger partial charge in [-0.15, -0.1) is 0 Å². The number of halogens is 4. The first-order valence-corrected chi connectivity index (χ1v) is 6.29. The monoisotopic (exact) mass is 314 g/mol. The molecular formula is C14H10ClF3N2O. The van der Waals surface area contributed by atoms with Crippen LogP contribution in [0.1, 0.15) is 16.2 Å². The number of hydrogen-bond donors (Lipinski definition) is 0. The van der Waals surface area contributed by atoms with Gasteiger partial charge in [-0.3, -0.25) is 4.79 Å². The van der Waals surface area contributed by atoms with Crippen molar-refractivity contribution in [1.29, 1.82) is 0 Å². The molecule has 0 saturated carbocycles. The van der Waals surface area contributed by atoms with Crippen LogP contribution in [-0.2, 0) is 6.54 Å². The van der Waals surface area contributed by atoms with E-state index in [2.05, 4.69) is 4.98 Å². The Kier molecular flexibility index (Phi) is 4.47. The summed E-state index contributed by atoms with van der Waals surface area (Å²) in [6.07, 6.45) is 0.544. The summed E-state index contributed by atoms with van der Waals surface area (Å²) in [4.78, 5) is 15.6. The van der Waals surface area contributed by atoms with Crippen molar-refractivity contribution in [2.24, 2.45) is 0 Å². The fourth-order valence-electron chi connectivity index (χ4n) is 1.67. The Hall–Kier alpha value is -2.08. The van der Waals surface area contributed by atoms with Gasteiger partial charge in [0.2, 0.25) is 0 Å². The molecule has 3 nitrogen and oxygen atoms in total. The number of rotatable bonds is 4. The van der Waals surface area contributed by atoms with Crippen LogP contribution >= 0.6 is 11.6 Å². The molecule has 0 aliphatic rings. The zero-order valence-corrected chi connectivity index (χ0v) is 11.4. The van der Waals surface area contributed by atoms with Gasteiger partial charge < -0.3 is 4.57 Å². The van der Waals surface area contributed by atoms with Gasteiger partial charge in [-0.2, -0.15) is 13.2 Å². The van der Waals surface area contributed by atoms with Crippen molar-refractivity contribution >= 4 is 23.5 Å². The molecule has 1 aromatic heterocycles. The number of imidazole rings is 1. The second kappa shape index (κ2) is 6.13. The summed E-state index contributed by atoms with van der Waals surface area (Å²) in [5.41, 5.74) is 0.393. The molecule has 0 aliphatic carbocycles. The maximum atomic E-state index is 12.3. The smallest absolute Gasteiger partial charge is 0.322 e. The molecule has 110 valence electrons. The topological polar surface area (TPSA) is 34.9 Å². The number of nitrogens with zero attached hydrogens (tertiary/aromatic N) is 2. The average Bonchev–Trinajstić information content (AvgIpc) is 2.82. The van der Waals surface area contributed by atoms with Crippen LogP contribution in [0.15, 0.2) is 42.7 Å². The molecule has 0 unspecified atom stereocenters. The van der Waals surface area contributed by atoms with Crippen molar-refractivity contribution in [3.8, 4) is 0 Å². The molecule has 0 N–H and O–H groups in total. The summed E-state index contributed by atoms with van der Waals surface area (Å²) in [7, 11) is 0. The van der Waals surface area contributed by atoms with Gasteiger partial charge >= 0.3 is 6.18 Å². The summed E-state index contributed by atoms with van der Waals surface area (Å²) in [5.74, 6) is -0.275. The number of allylic oxidation sites excluding steroid dienone is 1. The lowest BCUT2D eigenvalue weighted by Crippen LogP contribution is -2.18. The Morgan fingerprint density at radius 2 is 1.95 bits per heavy atom. The fraction of sp³-hybridized carbons (Fsp3) is 0.143. The Labute approximate surface area is 123 Å². The number of aromatic nitrogens is 2. The highest BCUT2D eigenvalue weighted by Gasteiger charge is 2.28. The minimum absolute atomic E-state index is 0.0645. The van der Waals surface area contributed by atoms with E-state index in [1.54, 1.807) is 12.1 Å². The minimum atomic E-state index is -4.34. The molecule has 0 amide bonds. The predicted octanol–water partition coefficient (Wildman–Crippen LogP) is 3.99. The molecule has 7 heteroatoms. The van der Waals surface area contributed by atoms with Crippen LogP contribution < -0.4 is 0 Å². The molecule has 21 heavy (non-hydrogen) atoms. The van der Waals surface area contributed by atoms with Gasteiger partial charge in [0.25, 0.3) is 0 Å². The zero-order valence-electron chi connectivity index (χ0n) is 10.6. The SMILES string of the molecule is O=C(C=Cc1nccn1CC(F)(F)F)c1ccc(Cl)cc1. The summed E-state index contributed by atoms with van der Waals surface area (Å²) in [5, 5.41) is 0.497. The van der Waals surface area contributed by atoms with Crippen LogP contribution in [0.5, 0.6) is 0 Å². The van der Waals surface area contributed by atoms with Gasteiger partial charge in [0.1, 0.15) is 12.4 Å². The molecular weight excluding hydrogens is 305 g/mol. The average molecular weight is 315 g/mol. The number of carbonyl (C=O) groups excluding carboxylic acids is 1. The van der Waals surface area contributed by atoms with E-state index in [1.165, 1.54) is 36.7 Å². The van der Waals surface area contributed by atoms with Crippen LogP contribution in [0.2, 0.25) is 5.02 Å². The van der Waals surface area contributed by atoms with Gasteiger partial charge in [-0.05, 0) is 36.4 Å². The third-order valence-electron chi connectivity index (χ3n) is 2.61. The summed E-state index contributed by atoms with van der Waals surface area (Å²) < 4.78 is 38.0. The molecule has 0 bridgehead atoms. The number of ketones is 1. The van der Waals surface area contributed by atoms with Crippen LogP contribution in [0.3, 0.4) is 0 Å². The third kappa shape index (κ3) is 4.46. The maximum absolute atomic E-state index is 12.3. The Morgan fingerprint density at radius 1 is 1.29 bits per heavy atom. The largest absolute Gasteiger partial charge is 0.406 e. The standard InChI is InChI=1S/C14H10ClF3N2O/c15-11-3-1-10(2-4-11)12(21)5-6-13-19-7-8-20(13)9-14(16,17)18/h1-8H,9H2. The molecule has 1 aromatic carbocycles. The van der Waals surface area contributed by atoms with E-state index in [9.17, 15) is 18.0 Å². The van der Waals surface area contributed by atoms with E-state index in [0.717, 1.165) is 4.57 Å². The van der Waals surface area contributed by atoms with Gasteiger partial charge in [0, 0.05) is 23.0 Å². The van der Waals surface area contributed by atoms with E-state index in [0.29, 0.717) is 10.6 Å². The number of carbonyl (C=O) groups is 1. The summed E-state index contributed by atoms with van der Waals surface area (Å²) >= 11 is 5.71. The first kappa shape index (κ1) is 15.3. The van der Waals surface area contributed by atoms with Crippen molar-refractivity contribution in [3.63, 3.8) is 0 Å². The molecule has 0 saturated heterocycles. The van der Waals surface area contributed by atoms with Crippen molar-refractivity contribution in [3.05, 3.63) is 59.1 Å². The molecule has 2 aromatic rings. The summed E-state index contributed by atoms with van der Waals surface area (Å²) in [6, 6.07) is 6.20. The second-order valence-electron chi connectivity index (χ2n) is 4.23. The molecule has 0 spiro atoms. The van der Waals surface area contributed by atoms with Crippen LogP contribution in [0, 0.1) is 0 Å². The third-order valence-corrected chi connectivity index (χ3v) is 2.86. The van der Waals surface area contributed by atoms with Crippen molar-refractivity contribution in [1.82, 2.24) is 9.55 Å². The number of alkyl halides is 3. The molecule has 0 atom stereocenters.